The van der Waals surface area contributed by atoms with Crippen molar-refractivity contribution in [2.45, 2.75) is 39.0 Å². The topological polar surface area (TPSA) is 3.24 Å². The van der Waals surface area contributed by atoms with Crippen LogP contribution in [-0.2, 0) is 5.41 Å². The summed E-state index contributed by atoms with van der Waals surface area (Å²) in [5, 5.41) is 0. The van der Waals surface area contributed by atoms with E-state index < -0.39 is 0 Å². The largest absolute Gasteiger partial charge is 0.371 e. The molecule has 21 heavy (non-hydrogen) atoms. The van der Waals surface area contributed by atoms with Crippen LogP contribution in [0.3, 0.4) is 0 Å². The van der Waals surface area contributed by atoms with E-state index in [1.165, 1.54) is 48.3 Å². The Kier molecular flexibility index (Phi) is 3.75. The monoisotopic (exact) mass is 279 g/mol. The van der Waals surface area contributed by atoms with Gasteiger partial charge in [0.1, 0.15) is 0 Å². The normalized spacial score (nSPS) is 27.8. The number of hydrogen-bond donors (Lipinski definition) is 0. The van der Waals surface area contributed by atoms with Gasteiger partial charge in [-0.2, -0.15) is 0 Å². The minimum absolute atomic E-state index is 0.0211. The van der Waals surface area contributed by atoms with Gasteiger partial charge in [-0.05, 0) is 50.8 Å². The number of allylic oxidation sites excluding steroid dienone is 5. The van der Waals surface area contributed by atoms with Crippen molar-refractivity contribution < 1.29 is 0 Å². The molecule has 0 radical (unpaired) electrons. The molecule has 0 aromatic heterocycles. The molecule has 1 saturated heterocycles. The molecule has 3 rings (SSSR count). The molecule has 0 bridgehead atoms. The van der Waals surface area contributed by atoms with Crippen molar-refractivity contribution in [3.8, 4) is 0 Å². The maximum Gasteiger partial charge on any atom is 0.0410 e. The molecular weight excluding hydrogens is 254 g/mol. The van der Waals surface area contributed by atoms with Crippen LogP contribution in [0.2, 0.25) is 0 Å². The molecule has 1 aromatic carbocycles. The lowest BCUT2D eigenvalue weighted by molar-refractivity contribution is 0.418. The van der Waals surface area contributed by atoms with E-state index in [1.807, 2.05) is 0 Å². The Hall–Kier alpha value is -1.76. The standard InChI is InChI=1S/C20H25N/c1-4-18-19(21-12-8-9-13-21)14-16(2)15-20(18,3)17-10-6-5-7-11-17/h4-7,10-11,14-15H,8-9,12-13H2,1-3H3. The van der Waals surface area contributed by atoms with Crippen LogP contribution in [0.1, 0.15) is 39.2 Å². The summed E-state index contributed by atoms with van der Waals surface area (Å²) in [5.41, 5.74) is 5.60. The van der Waals surface area contributed by atoms with Crippen molar-refractivity contribution in [2.24, 2.45) is 0 Å². The summed E-state index contributed by atoms with van der Waals surface area (Å²) < 4.78 is 0. The minimum atomic E-state index is -0.0211. The average molecular weight is 279 g/mol. The summed E-state index contributed by atoms with van der Waals surface area (Å²) in [6.45, 7) is 9.14. The molecular formula is C20H25N. The third kappa shape index (κ3) is 2.46. The van der Waals surface area contributed by atoms with Gasteiger partial charge in [0.05, 0.1) is 0 Å². The van der Waals surface area contributed by atoms with Gasteiger partial charge in [-0.15, -0.1) is 0 Å². The van der Waals surface area contributed by atoms with E-state index in [9.17, 15) is 0 Å². The van der Waals surface area contributed by atoms with Gasteiger partial charge in [0.2, 0.25) is 0 Å². The Morgan fingerprint density at radius 2 is 1.76 bits per heavy atom. The van der Waals surface area contributed by atoms with E-state index in [1.54, 1.807) is 0 Å². The number of nitrogens with zero attached hydrogens (tertiary/aromatic N) is 1. The van der Waals surface area contributed by atoms with Crippen LogP contribution in [0, 0.1) is 0 Å². The Bertz CT molecular complexity index is 600. The smallest absolute Gasteiger partial charge is 0.0410 e. The zero-order chi connectivity index (χ0) is 14.9. The molecule has 0 spiro atoms. The maximum absolute atomic E-state index is 2.56. The predicted molar refractivity (Wildman–Crippen MR) is 90.2 cm³/mol. The summed E-state index contributed by atoms with van der Waals surface area (Å²) in [5.74, 6) is 0. The van der Waals surface area contributed by atoms with Crippen molar-refractivity contribution in [3.63, 3.8) is 0 Å². The molecule has 1 aliphatic heterocycles. The van der Waals surface area contributed by atoms with E-state index in [0.717, 1.165) is 0 Å². The summed E-state index contributed by atoms with van der Waals surface area (Å²) in [4.78, 5) is 2.56. The second kappa shape index (κ2) is 5.55. The van der Waals surface area contributed by atoms with E-state index >= 15 is 0 Å². The quantitative estimate of drug-likeness (QED) is 0.749. The van der Waals surface area contributed by atoms with Crippen molar-refractivity contribution in [3.05, 3.63) is 71.0 Å². The summed E-state index contributed by atoms with van der Waals surface area (Å²) in [7, 11) is 0. The lowest BCUT2D eigenvalue weighted by atomic mass is 9.70. The van der Waals surface area contributed by atoms with Crippen LogP contribution >= 0.6 is 0 Å². The summed E-state index contributed by atoms with van der Waals surface area (Å²) >= 11 is 0. The Labute approximate surface area is 128 Å². The lowest BCUT2D eigenvalue weighted by Crippen LogP contribution is -2.32. The van der Waals surface area contributed by atoms with Crippen molar-refractivity contribution in [1.29, 1.82) is 0 Å². The average Bonchev–Trinajstić information content (AvgIpc) is 3.01. The molecule has 1 fully saturated rings. The van der Waals surface area contributed by atoms with Crippen LogP contribution in [-0.4, -0.2) is 18.0 Å². The van der Waals surface area contributed by atoms with Crippen molar-refractivity contribution in [2.75, 3.05) is 13.1 Å². The van der Waals surface area contributed by atoms with E-state index in [-0.39, 0.29) is 5.41 Å². The highest BCUT2D eigenvalue weighted by Crippen LogP contribution is 2.43. The minimum Gasteiger partial charge on any atom is -0.371 e. The first kappa shape index (κ1) is 14.2. The number of hydrogen-bond acceptors (Lipinski definition) is 1. The van der Waals surface area contributed by atoms with Crippen molar-refractivity contribution >= 4 is 0 Å². The van der Waals surface area contributed by atoms with Crippen LogP contribution in [0.25, 0.3) is 0 Å². The molecule has 110 valence electrons. The molecule has 1 nitrogen and oxygen atoms in total. The number of likely N-dealkylation sites (tertiary alicyclic amines) is 1. The molecule has 1 heterocycles. The van der Waals surface area contributed by atoms with Gasteiger partial charge in [-0.25, -0.2) is 0 Å². The molecule has 1 aliphatic carbocycles. The molecule has 1 unspecified atom stereocenters. The zero-order valence-electron chi connectivity index (χ0n) is 13.4. The van der Waals surface area contributed by atoms with Gasteiger partial charge in [-0.1, -0.05) is 48.1 Å². The third-order valence-electron chi connectivity index (χ3n) is 4.83. The SMILES string of the molecule is CC=C1C(N2CCCC2)=CC(C)=CC1(C)c1ccccc1. The summed E-state index contributed by atoms with van der Waals surface area (Å²) in [6.07, 6.45) is 9.72. The van der Waals surface area contributed by atoms with E-state index in [4.69, 9.17) is 0 Å². The van der Waals surface area contributed by atoms with Crippen LogP contribution in [0.5, 0.6) is 0 Å². The molecule has 1 aromatic rings. The number of rotatable bonds is 2. The predicted octanol–water partition coefficient (Wildman–Crippen LogP) is 4.83. The zero-order valence-corrected chi connectivity index (χ0v) is 13.4. The summed E-state index contributed by atoms with van der Waals surface area (Å²) in [6, 6.07) is 10.9. The molecule has 1 heteroatoms. The van der Waals surface area contributed by atoms with E-state index in [2.05, 4.69) is 74.2 Å². The fraction of sp³-hybridized carbons (Fsp3) is 0.400. The van der Waals surface area contributed by atoms with Gasteiger partial charge in [0, 0.05) is 24.2 Å². The van der Waals surface area contributed by atoms with Crippen molar-refractivity contribution in [1.82, 2.24) is 4.90 Å². The Morgan fingerprint density at radius 1 is 1.10 bits per heavy atom. The van der Waals surface area contributed by atoms with E-state index in [0.29, 0.717) is 0 Å². The fourth-order valence-electron chi connectivity index (χ4n) is 3.82. The second-order valence-electron chi connectivity index (χ2n) is 6.38. The molecule has 0 N–H and O–H groups in total. The third-order valence-corrected chi connectivity index (χ3v) is 4.83. The lowest BCUT2D eigenvalue weighted by Gasteiger charge is -2.38. The second-order valence-corrected chi connectivity index (χ2v) is 6.38. The van der Waals surface area contributed by atoms with Gasteiger partial charge in [0.25, 0.3) is 0 Å². The molecule has 0 saturated carbocycles. The first-order valence-corrected chi connectivity index (χ1v) is 8.04. The maximum atomic E-state index is 2.56. The van der Waals surface area contributed by atoms with Crippen LogP contribution in [0.15, 0.2) is 65.4 Å². The number of benzene rings is 1. The fourth-order valence-corrected chi connectivity index (χ4v) is 3.82. The first-order chi connectivity index (χ1) is 10.1. The van der Waals surface area contributed by atoms with Gasteiger partial charge in [0.15, 0.2) is 0 Å². The first-order valence-electron chi connectivity index (χ1n) is 8.04. The Morgan fingerprint density at radius 3 is 2.38 bits per heavy atom. The highest BCUT2D eigenvalue weighted by molar-refractivity contribution is 5.56. The van der Waals surface area contributed by atoms with Gasteiger partial charge < -0.3 is 4.90 Å². The molecule has 2 aliphatic rings. The van der Waals surface area contributed by atoms with Crippen LogP contribution < -0.4 is 0 Å². The molecule has 0 amide bonds. The highest BCUT2D eigenvalue weighted by atomic mass is 15.2. The van der Waals surface area contributed by atoms with Crippen LogP contribution in [0.4, 0.5) is 0 Å². The van der Waals surface area contributed by atoms with Gasteiger partial charge >= 0.3 is 0 Å². The van der Waals surface area contributed by atoms with Gasteiger partial charge in [-0.3, -0.25) is 0 Å². The highest BCUT2D eigenvalue weighted by Gasteiger charge is 2.35. The Balaban J connectivity index is 2.08. The molecule has 1 atom stereocenters.